The van der Waals surface area contributed by atoms with E-state index in [9.17, 15) is 9.59 Å². The van der Waals surface area contributed by atoms with Gasteiger partial charge in [-0.3, -0.25) is 9.59 Å². The maximum atomic E-state index is 13.3. The highest BCUT2D eigenvalue weighted by Gasteiger charge is 2.43. The molecule has 2 aliphatic rings. The second kappa shape index (κ2) is 8.21. The fourth-order valence-corrected chi connectivity index (χ4v) is 5.17. The van der Waals surface area contributed by atoms with Crippen LogP contribution < -0.4 is 10.1 Å². The Morgan fingerprint density at radius 2 is 2.06 bits per heavy atom. The molecule has 1 spiro atoms. The van der Waals surface area contributed by atoms with Crippen molar-refractivity contribution in [3.05, 3.63) is 59.4 Å². The number of aromatic nitrogens is 2. The number of rotatable bonds is 3. The molecule has 7 heteroatoms. The fraction of sp³-hybridized carbons (Fsp3) is 0.423. The summed E-state index contributed by atoms with van der Waals surface area (Å²) < 4.78 is 8.55. The minimum atomic E-state index is -0.464. The lowest BCUT2D eigenvalue weighted by Crippen LogP contribution is -2.46. The Bertz CT molecular complexity index is 1230. The van der Waals surface area contributed by atoms with Gasteiger partial charge in [-0.25, -0.2) is 4.98 Å². The van der Waals surface area contributed by atoms with Crippen LogP contribution in [-0.4, -0.2) is 45.0 Å². The lowest BCUT2D eigenvalue weighted by Gasteiger charge is -2.42. The molecule has 3 aromatic rings. The van der Waals surface area contributed by atoms with Crippen LogP contribution in [-0.2, 0) is 11.8 Å². The first-order chi connectivity index (χ1) is 15.9. The third-order valence-electron chi connectivity index (χ3n) is 7.24. The first-order valence-electron chi connectivity index (χ1n) is 11.7. The monoisotopic (exact) mass is 446 g/mol. The van der Waals surface area contributed by atoms with Crippen molar-refractivity contribution in [3.63, 3.8) is 0 Å². The summed E-state index contributed by atoms with van der Waals surface area (Å²) in [6.07, 6.45) is 2.52. The number of fused-ring (bicyclic) bond motifs is 2. The molecule has 5 rings (SSSR count). The first-order valence-corrected chi connectivity index (χ1v) is 11.7. The average Bonchev–Trinajstić information content (AvgIpc) is 3.01. The minimum absolute atomic E-state index is 0.128. The number of aryl methyl sites for hydroxylation is 2. The van der Waals surface area contributed by atoms with Crippen molar-refractivity contribution >= 4 is 22.8 Å². The smallest absolute Gasteiger partial charge is 0.251 e. The Morgan fingerprint density at radius 3 is 2.88 bits per heavy atom. The van der Waals surface area contributed by atoms with Crippen LogP contribution in [0.1, 0.15) is 60.4 Å². The summed E-state index contributed by atoms with van der Waals surface area (Å²) in [6, 6.07) is 13.4. The van der Waals surface area contributed by atoms with Crippen molar-refractivity contribution in [3.8, 4) is 5.75 Å². The molecule has 33 heavy (non-hydrogen) atoms. The SMILES string of the molecule is CCN1CC[C@@]2(CCC1=O)C[C@H](NC(=O)c1ccc3c(c1)nc(C)n3C)c1ccccc1O2. The van der Waals surface area contributed by atoms with E-state index in [2.05, 4.69) is 10.3 Å². The van der Waals surface area contributed by atoms with E-state index in [0.717, 1.165) is 34.6 Å². The van der Waals surface area contributed by atoms with Crippen molar-refractivity contribution in [2.75, 3.05) is 13.1 Å². The van der Waals surface area contributed by atoms with Gasteiger partial charge in [0.05, 0.1) is 17.1 Å². The molecular formula is C26H30N4O3. The van der Waals surface area contributed by atoms with E-state index in [1.165, 1.54) is 0 Å². The Hall–Kier alpha value is -3.35. The molecule has 2 aliphatic heterocycles. The van der Waals surface area contributed by atoms with Crippen LogP contribution in [0.5, 0.6) is 5.75 Å². The van der Waals surface area contributed by atoms with Gasteiger partial charge in [0.2, 0.25) is 5.91 Å². The summed E-state index contributed by atoms with van der Waals surface area (Å²) in [7, 11) is 1.97. The lowest BCUT2D eigenvalue weighted by molar-refractivity contribution is -0.130. The molecule has 0 saturated carbocycles. The van der Waals surface area contributed by atoms with Gasteiger partial charge in [0, 0.05) is 50.5 Å². The molecule has 172 valence electrons. The van der Waals surface area contributed by atoms with Crippen LogP contribution in [0, 0.1) is 6.92 Å². The largest absolute Gasteiger partial charge is 0.487 e. The number of likely N-dealkylation sites (tertiary alicyclic amines) is 1. The summed E-state index contributed by atoms with van der Waals surface area (Å²) in [6.45, 7) is 5.35. The first kappa shape index (κ1) is 21.5. The second-order valence-electron chi connectivity index (χ2n) is 9.20. The fourth-order valence-electron chi connectivity index (χ4n) is 5.17. The minimum Gasteiger partial charge on any atom is -0.487 e. The maximum absolute atomic E-state index is 13.3. The van der Waals surface area contributed by atoms with E-state index < -0.39 is 5.60 Å². The predicted molar refractivity (Wildman–Crippen MR) is 126 cm³/mol. The van der Waals surface area contributed by atoms with E-state index in [1.807, 2.05) is 72.8 Å². The van der Waals surface area contributed by atoms with Crippen LogP contribution in [0.2, 0.25) is 0 Å². The Morgan fingerprint density at radius 1 is 1.24 bits per heavy atom. The summed E-state index contributed by atoms with van der Waals surface area (Å²) in [5, 5.41) is 3.25. The van der Waals surface area contributed by atoms with Crippen molar-refractivity contribution in [2.24, 2.45) is 7.05 Å². The Balaban J connectivity index is 1.43. The van der Waals surface area contributed by atoms with Gasteiger partial charge in [-0.15, -0.1) is 0 Å². The molecule has 1 N–H and O–H groups in total. The van der Waals surface area contributed by atoms with Crippen LogP contribution in [0.15, 0.2) is 42.5 Å². The third kappa shape index (κ3) is 3.86. The van der Waals surface area contributed by atoms with Crippen molar-refractivity contribution in [1.29, 1.82) is 0 Å². The predicted octanol–water partition coefficient (Wildman–Crippen LogP) is 3.91. The van der Waals surface area contributed by atoms with E-state index in [-0.39, 0.29) is 17.9 Å². The molecule has 0 aliphatic carbocycles. The molecule has 0 radical (unpaired) electrons. The number of carbonyl (C=O) groups is 2. The number of hydrogen-bond acceptors (Lipinski definition) is 4. The zero-order chi connectivity index (χ0) is 23.2. The van der Waals surface area contributed by atoms with Crippen molar-refractivity contribution < 1.29 is 14.3 Å². The Kier molecular flexibility index (Phi) is 5.35. The highest BCUT2D eigenvalue weighted by atomic mass is 16.5. The van der Waals surface area contributed by atoms with Crippen molar-refractivity contribution in [1.82, 2.24) is 19.8 Å². The number of amides is 2. The summed E-state index contributed by atoms with van der Waals surface area (Å²) >= 11 is 0. The van der Waals surface area contributed by atoms with Crippen LogP contribution in [0.4, 0.5) is 0 Å². The highest BCUT2D eigenvalue weighted by Crippen LogP contribution is 2.44. The standard InChI is InChI=1S/C26H30N4O3/c1-4-30-14-13-26(12-11-24(30)31)16-21(19-7-5-6-8-23(19)33-26)28-25(32)18-9-10-22-20(15-18)27-17(2)29(22)3/h5-10,15,21H,4,11-14,16H2,1-3H3,(H,28,32)/t21-,26-/m0/s1. The van der Waals surface area contributed by atoms with Crippen LogP contribution in [0.25, 0.3) is 11.0 Å². The number of nitrogens with one attached hydrogen (secondary N) is 1. The van der Waals surface area contributed by atoms with E-state index in [0.29, 0.717) is 37.9 Å². The van der Waals surface area contributed by atoms with Gasteiger partial charge in [0.25, 0.3) is 5.91 Å². The second-order valence-corrected chi connectivity index (χ2v) is 9.20. The quantitative estimate of drug-likeness (QED) is 0.662. The number of carbonyl (C=O) groups excluding carboxylic acids is 2. The van der Waals surface area contributed by atoms with Gasteiger partial charge < -0.3 is 19.5 Å². The third-order valence-corrected chi connectivity index (χ3v) is 7.24. The number of ether oxygens (including phenoxy) is 1. The molecular weight excluding hydrogens is 416 g/mol. The van der Waals surface area contributed by atoms with Gasteiger partial charge in [-0.2, -0.15) is 0 Å². The number of hydrogen-bond donors (Lipinski definition) is 1. The van der Waals surface area contributed by atoms with E-state index >= 15 is 0 Å². The summed E-state index contributed by atoms with van der Waals surface area (Å²) in [4.78, 5) is 32.3. The summed E-state index contributed by atoms with van der Waals surface area (Å²) in [5.41, 5.74) is 2.92. The van der Waals surface area contributed by atoms with E-state index in [4.69, 9.17) is 4.74 Å². The van der Waals surface area contributed by atoms with Gasteiger partial charge in [0.15, 0.2) is 0 Å². The average molecular weight is 447 g/mol. The molecule has 1 fully saturated rings. The van der Waals surface area contributed by atoms with Gasteiger partial charge >= 0.3 is 0 Å². The molecule has 1 saturated heterocycles. The lowest BCUT2D eigenvalue weighted by atomic mass is 9.82. The molecule has 7 nitrogen and oxygen atoms in total. The van der Waals surface area contributed by atoms with Crippen LogP contribution in [0.3, 0.4) is 0 Å². The molecule has 2 atom stereocenters. The molecule has 0 bridgehead atoms. The number of imidazole rings is 1. The zero-order valence-electron chi connectivity index (χ0n) is 19.4. The number of benzene rings is 2. The Labute approximate surface area is 193 Å². The topological polar surface area (TPSA) is 76.5 Å². The molecule has 1 aromatic heterocycles. The molecule has 0 unspecified atom stereocenters. The van der Waals surface area contributed by atoms with Gasteiger partial charge in [0.1, 0.15) is 17.2 Å². The number of para-hydroxylation sites is 1. The van der Waals surface area contributed by atoms with Gasteiger partial charge in [-0.05, 0) is 44.5 Å². The molecule has 2 aromatic carbocycles. The molecule has 3 heterocycles. The highest BCUT2D eigenvalue weighted by molar-refractivity contribution is 5.97. The van der Waals surface area contributed by atoms with E-state index in [1.54, 1.807) is 0 Å². The molecule has 2 amide bonds. The van der Waals surface area contributed by atoms with Gasteiger partial charge in [-0.1, -0.05) is 18.2 Å². The van der Waals surface area contributed by atoms with Crippen LogP contribution >= 0.6 is 0 Å². The number of nitrogens with zero attached hydrogens (tertiary/aromatic N) is 3. The normalized spacial score (nSPS) is 22.7. The zero-order valence-corrected chi connectivity index (χ0v) is 19.4. The maximum Gasteiger partial charge on any atom is 0.251 e. The van der Waals surface area contributed by atoms with Crippen molar-refractivity contribution in [2.45, 2.75) is 51.2 Å². The summed E-state index contributed by atoms with van der Waals surface area (Å²) in [5.74, 6) is 1.75.